The number of unbranched alkanes of at least 4 members (excludes halogenated alkanes) is 12. The van der Waals surface area contributed by atoms with Gasteiger partial charge in [-0.1, -0.05) is 104 Å². The van der Waals surface area contributed by atoms with Gasteiger partial charge in [-0.15, -0.1) is 0 Å². The first kappa shape index (κ1) is 30.4. The van der Waals surface area contributed by atoms with Crippen LogP contribution in [-0.4, -0.2) is 22.8 Å². The summed E-state index contributed by atoms with van der Waals surface area (Å²) < 4.78 is 0. The van der Waals surface area contributed by atoms with Gasteiger partial charge in [0.15, 0.2) is 0 Å². The molecule has 0 aliphatic carbocycles. The average Bonchev–Trinajstić information content (AvgIpc) is 2.72. The maximum Gasteiger partial charge on any atom is 0.303 e. The maximum absolute atomic E-state index is 10.3. The number of rotatable bonds is 20. The van der Waals surface area contributed by atoms with Crippen molar-refractivity contribution in [3.63, 3.8) is 0 Å². The van der Waals surface area contributed by atoms with E-state index in [1.54, 1.807) is 0 Å². The van der Waals surface area contributed by atoms with Crippen molar-refractivity contribution >= 4 is 5.97 Å². The van der Waals surface area contributed by atoms with Gasteiger partial charge < -0.3 is 10.2 Å². The minimum Gasteiger partial charge on any atom is -0.481 e. The van der Waals surface area contributed by atoms with Gasteiger partial charge >= 0.3 is 5.97 Å². The summed E-state index contributed by atoms with van der Waals surface area (Å²) in [4.78, 5) is 10.3. The van der Waals surface area contributed by atoms with Crippen LogP contribution in [-0.2, 0) is 4.79 Å². The predicted octanol–water partition coefficient (Wildman–Crippen LogP) is 8.30. The van der Waals surface area contributed by atoms with Crippen LogP contribution in [0, 0.1) is 5.92 Å². The zero-order valence-electron chi connectivity index (χ0n) is 20.0. The SMILES string of the molecule is CCCCC(CC)CO.CCCCCCCCC=CCCCCCCCC(=O)O. The minimum absolute atomic E-state index is 0.332. The Balaban J connectivity index is 0. The van der Waals surface area contributed by atoms with Crippen molar-refractivity contribution in [1.29, 1.82) is 0 Å². The summed E-state index contributed by atoms with van der Waals surface area (Å²) in [5.41, 5.74) is 0. The van der Waals surface area contributed by atoms with E-state index < -0.39 is 5.97 Å². The fourth-order valence-electron chi connectivity index (χ4n) is 3.26. The highest BCUT2D eigenvalue weighted by molar-refractivity contribution is 5.66. The van der Waals surface area contributed by atoms with E-state index in [1.807, 2.05) is 0 Å². The molecule has 3 heteroatoms. The van der Waals surface area contributed by atoms with E-state index in [0.717, 1.165) is 19.3 Å². The number of aliphatic carboxylic acids is 1. The average molecular weight is 413 g/mol. The van der Waals surface area contributed by atoms with E-state index in [0.29, 0.717) is 18.9 Å². The van der Waals surface area contributed by atoms with Crippen molar-refractivity contribution in [1.82, 2.24) is 0 Å². The van der Waals surface area contributed by atoms with Gasteiger partial charge in [-0.2, -0.15) is 0 Å². The Bertz CT molecular complexity index is 335. The number of carbonyl (C=O) groups is 1. The van der Waals surface area contributed by atoms with Crippen LogP contribution in [0.4, 0.5) is 0 Å². The van der Waals surface area contributed by atoms with Crippen LogP contribution in [0.1, 0.15) is 136 Å². The summed E-state index contributed by atoms with van der Waals surface area (Å²) >= 11 is 0. The molecule has 0 aromatic heterocycles. The number of hydrogen-bond acceptors (Lipinski definition) is 2. The van der Waals surface area contributed by atoms with Crippen LogP contribution in [0.25, 0.3) is 0 Å². The van der Waals surface area contributed by atoms with E-state index in [1.165, 1.54) is 89.9 Å². The molecule has 1 unspecified atom stereocenters. The van der Waals surface area contributed by atoms with Crippen LogP contribution >= 0.6 is 0 Å². The second-order valence-electron chi connectivity index (χ2n) is 8.33. The van der Waals surface area contributed by atoms with Crippen molar-refractivity contribution < 1.29 is 15.0 Å². The summed E-state index contributed by atoms with van der Waals surface area (Å²) in [7, 11) is 0. The van der Waals surface area contributed by atoms with Gasteiger partial charge in [-0.3, -0.25) is 4.79 Å². The number of carboxylic acids is 1. The molecule has 0 saturated carbocycles. The van der Waals surface area contributed by atoms with Crippen LogP contribution in [0.2, 0.25) is 0 Å². The van der Waals surface area contributed by atoms with Crippen LogP contribution in [0.15, 0.2) is 12.2 Å². The Morgan fingerprint density at radius 3 is 1.66 bits per heavy atom. The zero-order valence-corrected chi connectivity index (χ0v) is 20.0. The van der Waals surface area contributed by atoms with Gasteiger partial charge in [0.1, 0.15) is 0 Å². The molecule has 0 rings (SSSR count). The fourth-order valence-corrected chi connectivity index (χ4v) is 3.26. The molecule has 3 nitrogen and oxygen atoms in total. The van der Waals surface area contributed by atoms with E-state index in [-0.39, 0.29) is 0 Å². The quantitative estimate of drug-likeness (QED) is 0.156. The predicted molar refractivity (Wildman–Crippen MR) is 127 cm³/mol. The Labute approximate surface area is 182 Å². The largest absolute Gasteiger partial charge is 0.481 e. The molecule has 0 aliphatic heterocycles. The highest BCUT2D eigenvalue weighted by Gasteiger charge is 2.01. The van der Waals surface area contributed by atoms with E-state index in [9.17, 15) is 4.79 Å². The molecule has 0 aromatic rings. The first-order valence-corrected chi connectivity index (χ1v) is 12.6. The van der Waals surface area contributed by atoms with Gasteiger partial charge in [-0.05, 0) is 44.4 Å². The van der Waals surface area contributed by atoms with Gasteiger partial charge in [0, 0.05) is 13.0 Å². The lowest BCUT2D eigenvalue weighted by Crippen LogP contribution is -2.03. The Morgan fingerprint density at radius 1 is 0.724 bits per heavy atom. The monoisotopic (exact) mass is 412 g/mol. The molecule has 1 atom stereocenters. The topological polar surface area (TPSA) is 57.5 Å². The van der Waals surface area contributed by atoms with Crippen LogP contribution < -0.4 is 0 Å². The molecule has 0 amide bonds. The molecule has 29 heavy (non-hydrogen) atoms. The lowest BCUT2D eigenvalue weighted by molar-refractivity contribution is -0.137. The summed E-state index contributed by atoms with van der Waals surface area (Å²) in [5.74, 6) is -0.104. The number of hydrogen-bond donors (Lipinski definition) is 2. The molecular formula is C26H52O3. The van der Waals surface area contributed by atoms with Crippen molar-refractivity contribution in [2.45, 2.75) is 136 Å². The molecule has 2 N–H and O–H groups in total. The summed E-state index contributed by atoms with van der Waals surface area (Å²) in [6.45, 7) is 6.95. The second-order valence-corrected chi connectivity index (χ2v) is 8.33. The smallest absolute Gasteiger partial charge is 0.303 e. The molecule has 0 heterocycles. The van der Waals surface area contributed by atoms with Crippen molar-refractivity contribution in [3.8, 4) is 0 Å². The molecule has 0 spiro atoms. The first-order valence-electron chi connectivity index (χ1n) is 12.6. The molecule has 0 aliphatic rings. The van der Waals surface area contributed by atoms with Crippen LogP contribution in [0.3, 0.4) is 0 Å². The van der Waals surface area contributed by atoms with Gasteiger partial charge in [-0.25, -0.2) is 0 Å². The third-order valence-corrected chi connectivity index (χ3v) is 5.45. The second kappa shape index (κ2) is 27.2. The maximum atomic E-state index is 10.3. The van der Waals surface area contributed by atoms with E-state index in [2.05, 4.69) is 32.9 Å². The lowest BCUT2D eigenvalue weighted by atomic mass is 10.0. The molecule has 0 saturated heterocycles. The third-order valence-electron chi connectivity index (χ3n) is 5.45. The van der Waals surface area contributed by atoms with E-state index in [4.69, 9.17) is 10.2 Å². The van der Waals surface area contributed by atoms with Gasteiger partial charge in [0.25, 0.3) is 0 Å². The highest BCUT2D eigenvalue weighted by Crippen LogP contribution is 2.11. The molecule has 0 bridgehead atoms. The van der Waals surface area contributed by atoms with Crippen molar-refractivity contribution in [2.75, 3.05) is 6.61 Å². The Morgan fingerprint density at radius 2 is 1.21 bits per heavy atom. The van der Waals surface area contributed by atoms with E-state index >= 15 is 0 Å². The summed E-state index contributed by atoms with van der Waals surface area (Å²) in [5, 5.41) is 17.3. The van der Waals surface area contributed by atoms with Gasteiger partial charge in [0.05, 0.1) is 0 Å². The molecular weight excluding hydrogens is 360 g/mol. The van der Waals surface area contributed by atoms with Crippen molar-refractivity contribution in [3.05, 3.63) is 12.2 Å². The normalized spacial score (nSPS) is 12.0. The number of carboxylic acid groups (broad SMARTS) is 1. The third kappa shape index (κ3) is 29.5. The highest BCUT2D eigenvalue weighted by atomic mass is 16.4. The number of aliphatic hydroxyl groups is 1. The minimum atomic E-state index is -0.664. The first-order chi connectivity index (χ1) is 14.1. The van der Waals surface area contributed by atoms with Gasteiger partial charge in [0.2, 0.25) is 0 Å². The zero-order chi connectivity index (χ0) is 22.0. The summed E-state index contributed by atoms with van der Waals surface area (Å²) in [6.07, 6.45) is 26.1. The lowest BCUT2D eigenvalue weighted by Gasteiger charge is -2.08. The fraction of sp³-hybridized carbons (Fsp3) is 0.885. The molecule has 0 radical (unpaired) electrons. The Hall–Kier alpha value is -0.830. The Kier molecular flexibility index (Phi) is 28.4. The van der Waals surface area contributed by atoms with Crippen LogP contribution in [0.5, 0.6) is 0 Å². The summed E-state index contributed by atoms with van der Waals surface area (Å²) in [6, 6.07) is 0. The number of aliphatic hydroxyl groups excluding tert-OH is 1. The standard InChI is InChI=1S/C18H34O2.C8H18O/c1-2-3-4-5-6-7-8-9-10-11-12-13-14-15-16-17-18(19)20;1-3-5-6-8(4-2)7-9/h9-10H,2-8,11-17H2,1H3,(H,19,20);8-9H,3-7H2,1-2H3. The molecule has 0 aromatic carbocycles. The number of allylic oxidation sites excluding steroid dienone is 2. The molecule has 0 fully saturated rings. The molecule has 174 valence electrons. The van der Waals surface area contributed by atoms with Crippen molar-refractivity contribution in [2.24, 2.45) is 5.92 Å².